The van der Waals surface area contributed by atoms with Gasteiger partial charge in [0.1, 0.15) is 0 Å². The van der Waals surface area contributed by atoms with Gasteiger partial charge in [-0.3, -0.25) is 9.78 Å². The second-order valence-corrected chi connectivity index (χ2v) is 4.30. The van der Waals surface area contributed by atoms with Crippen molar-refractivity contribution in [3.8, 4) is 0 Å². The van der Waals surface area contributed by atoms with Crippen molar-refractivity contribution in [3.05, 3.63) is 29.6 Å². The molecule has 1 aromatic rings. The average Bonchev–Trinajstić information content (AvgIpc) is 2.43. The van der Waals surface area contributed by atoms with Gasteiger partial charge in [0.15, 0.2) is 0 Å². The van der Waals surface area contributed by atoms with Crippen molar-refractivity contribution < 1.29 is 14.7 Å². The summed E-state index contributed by atoms with van der Waals surface area (Å²) in [7, 11) is 1.75. The fourth-order valence-corrected chi connectivity index (χ4v) is 1.49. The van der Waals surface area contributed by atoms with Gasteiger partial charge in [0.05, 0.1) is 17.3 Å². The first-order chi connectivity index (χ1) is 8.95. The van der Waals surface area contributed by atoms with Crippen LogP contribution in [0.1, 0.15) is 29.9 Å². The molecule has 1 amide bonds. The summed E-state index contributed by atoms with van der Waals surface area (Å²) in [6.07, 6.45) is 1.31. The molecule has 0 bridgehead atoms. The Bertz CT molecular complexity index is 445. The van der Waals surface area contributed by atoms with Crippen molar-refractivity contribution >= 4 is 11.9 Å². The molecule has 0 aliphatic heterocycles. The molecule has 2 N–H and O–H groups in total. The molecule has 0 aliphatic rings. The van der Waals surface area contributed by atoms with Crippen molar-refractivity contribution in [2.75, 3.05) is 13.6 Å². The van der Waals surface area contributed by atoms with E-state index in [0.29, 0.717) is 18.8 Å². The fourth-order valence-electron chi connectivity index (χ4n) is 1.49. The zero-order chi connectivity index (χ0) is 14.4. The molecule has 0 radical (unpaired) electrons. The number of likely N-dealkylation sites (N-methyl/N-ethyl adjacent to an activating group) is 1. The number of carboxylic acids is 1. The summed E-state index contributed by atoms with van der Waals surface area (Å²) in [6.45, 7) is 4.79. The summed E-state index contributed by atoms with van der Waals surface area (Å²) in [6, 6.07) is 2.83. The van der Waals surface area contributed by atoms with Gasteiger partial charge in [0, 0.05) is 26.3 Å². The van der Waals surface area contributed by atoms with E-state index in [9.17, 15) is 9.59 Å². The topological polar surface area (TPSA) is 82.5 Å². The SMILES string of the molecule is CCN(C)C(=O)C(C)NCc1ccc(C(=O)O)cn1. The maximum absolute atomic E-state index is 11.8. The first-order valence-electron chi connectivity index (χ1n) is 6.12. The Morgan fingerprint density at radius 1 is 1.47 bits per heavy atom. The van der Waals surface area contributed by atoms with Crippen LogP contribution in [0, 0.1) is 0 Å². The summed E-state index contributed by atoms with van der Waals surface area (Å²) in [5.74, 6) is -0.982. The van der Waals surface area contributed by atoms with E-state index in [-0.39, 0.29) is 17.5 Å². The van der Waals surface area contributed by atoms with Crippen LogP contribution < -0.4 is 5.32 Å². The lowest BCUT2D eigenvalue weighted by atomic mass is 10.2. The number of pyridine rings is 1. The summed E-state index contributed by atoms with van der Waals surface area (Å²) in [5, 5.41) is 11.8. The summed E-state index contributed by atoms with van der Waals surface area (Å²) >= 11 is 0. The lowest BCUT2D eigenvalue weighted by molar-refractivity contribution is -0.131. The van der Waals surface area contributed by atoms with E-state index in [4.69, 9.17) is 5.11 Å². The predicted octanol–water partition coefficient (Wildman–Crippen LogP) is 0.736. The van der Waals surface area contributed by atoms with Crippen LogP contribution in [0.2, 0.25) is 0 Å². The standard InChI is InChI=1S/C13H19N3O3/c1-4-16(3)12(17)9(2)14-8-11-6-5-10(7-15-11)13(18)19/h5-7,9,14H,4,8H2,1-3H3,(H,18,19). The Labute approximate surface area is 112 Å². The molecule has 0 saturated carbocycles. The van der Waals surface area contributed by atoms with E-state index in [1.54, 1.807) is 24.9 Å². The Hall–Kier alpha value is -1.95. The highest BCUT2D eigenvalue weighted by Gasteiger charge is 2.15. The number of carbonyl (C=O) groups excluding carboxylic acids is 1. The van der Waals surface area contributed by atoms with Crippen LogP contribution in [0.4, 0.5) is 0 Å². The van der Waals surface area contributed by atoms with E-state index in [0.717, 1.165) is 0 Å². The molecule has 0 aromatic carbocycles. The summed E-state index contributed by atoms with van der Waals surface area (Å²) < 4.78 is 0. The largest absolute Gasteiger partial charge is 0.478 e. The minimum absolute atomic E-state index is 0.0182. The normalized spacial score (nSPS) is 11.9. The second kappa shape index (κ2) is 6.84. The van der Waals surface area contributed by atoms with Gasteiger partial charge in [0.25, 0.3) is 0 Å². The van der Waals surface area contributed by atoms with Crippen molar-refractivity contribution in [3.63, 3.8) is 0 Å². The van der Waals surface area contributed by atoms with Crippen LogP contribution in [0.3, 0.4) is 0 Å². The highest BCUT2D eigenvalue weighted by atomic mass is 16.4. The van der Waals surface area contributed by atoms with Gasteiger partial charge < -0.3 is 15.3 Å². The number of hydrogen-bond donors (Lipinski definition) is 2. The molecule has 1 heterocycles. The van der Waals surface area contributed by atoms with Crippen LogP contribution in [0.5, 0.6) is 0 Å². The molecule has 19 heavy (non-hydrogen) atoms. The van der Waals surface area contributed by atoms with Gasteiger partial charge >= 0.3 is 5.97 Å². The number of aromatic nitrogens is 1. The van der Waals surface area contributed by atoms with Crippen LogP contribution in [0.15, 0.2) is 18.3 Å². The average molecular weight is 265 g/mol. The van der Waals surface area contributed by atoms with Crippen molar-refractivity contribution in [2.45, 2.75) is 26.4 Å². The molecule has 0 fully saturated rings. The Balaban J connectivity index is 2.52. The third-order valence-corrected chi connectivity index (χ3v) is 2.88. The molecule has 1 aromatic heterocycles. The number of carbonyl (C=O) groups is 2. The van der Waals surface area contributed by atoms with E-state index in [1.165, 1.54) is 12.3 Å². The minimum atomic E-state index is -1.000. The van der Waals surface area contributed by atoms with Crippen LogP contribution in [-0.2, 0) is 11.3 Å². The number of carboxylic acid groups (broad SMARTS) is 1. The first kappa shape index (κ1) is 15.1. The van der Waals surface area contributed by atoms with Gasteiger partial charge in [-0.25, -0.2) is 4.79 Å². The molecule has 0 aliphatic carbocycles. The maximum atomic E-state index is 11.8. The van der Waals surface area contributed by atoms with Gasteiger partial charge in [-0.15, -0.1) is 0 Å². The highest BCUT2D eigenvalue weighted by molar-refractivity contribution is 5.87. The molecule has 6 nitrogen and oxygen atoms in total. The maximum Gasteiger partial charge on any atom is 0.337 e. The first-order valence-corrected chi connectivity index (χ1v) is 6.12. The number of hydrogen-bond acceptors (Lipinski definition) is 4. The number of aromatic carboxylic acids is 1. The van der Waals surface area contributed by atoms with Gasteiger partial charge in [-0.05, 0) is 26.0 Å². The molecule has 1 unspecified atom stereocenters. The van der Waals surface area contributed by atoms with E-state index >= 15 is 0 Å². The van der Waals surface area contributed by atoms with Crippen LogP contribution in [-0.4, -0.2) is 46.5 Å². The van der Waals surface area contributed by atoms with E-state index < -0.39 is 5.97 Å². The Morgan fingerprint density at radius 3 is 2.63 bits per heavy atom. The van der Waals surface area contributed by atoms with Crippen molar-refractivity contribution in [1.29, 1.82) is 0 Å². The predicted molar refractivity (Wildman–Crippen MR) is 70.8 cm³/mol. The van der Waals surface area contributed by atoms with Crippen LogP contribution in [0.25, 0.3) is 0 Å². The van der Waals surface area contributed by atoms with Gasteiger partial charge in [-0.2, -0.15) is 0 Å². The summed E-state index contributed by atoms with van der Waals surface area (Å²) in [4.78, 5) is 28.1. The second-order valence-electron chi connectivity index (χ2n) is 4.30. The highest BCUT2D eigenvalue weighted by Crippen LogP contribution is 2.01. The zero-order valence-electron chi connectivity index (χ0n) is 11.4. The van der Waals surface area contributed by atoms with Crippen molar-refractivity contribution in [1.82, 2.24) is 15.2 Å². The molecular formula is C13H19N3O3. The van der Waals surface area contributed by atoms with Crippen LogP contribution >= 0.6 is 0 Å². The van der Waals surface area contributed by atoms with Gasteiger partial charge in [-0.1, -0.05) is 0 Å². The number of amides is 1. The fraction of sp³-hybridized carbons (Fsp3) is 0.462. The lowest BCUT2D eigenvalue weighted by Crippen LogP contribution is -2.42. The third kappa shape index (κ3) is 4.33. The number of rotatable bonds is 6. The van der Waals surface area contributed by atoms with Crippen molar-refractivity contribution in [2.24, 2.45) is 0 Å². The minimum Gasteiger partial charge on any atom is -0.478 e. The number of nitrogens with one attached hydrogen (secondary N) is 1. The zero-order valence-corrected chi connectivity index (χ0v) is 11.4. The Morgan fingerprint density at radius 2 is 2.16 bits per heavy atom. The molecule has 1 rings (SSSR count). The summed E-state index contributed by atoms with van der Waals surface area (Å²) in [5.41, 5.74) is 0.849. The molecule has 0 saturated heterocycles. The third-order valence-electron chi connectivity index (χ3n) is 2.88. The lowest BCUT2D eigenvalue weighted by Gasteiger charge is -2.20. The molecule has 1 atom stereocenters. The molecule has 104 valence electrons. The Kier molecular flexibility index (Phi) is 5.44. The molecular weight excluding hydrogens is 246 g/mol. The van der Waals surface area contributed by atoms with E-state index in [1.807, 2.05) is 6.92 Å². The quantitative estimate of drug-likeness (QED) is 0.792. The smallest absolute Gasteiger partial charge is 0.337 e. The monoisotopic (exact) mass is 265 g/mol. The van der Waals surface area contributed by atoms with E-state index in [2.05, 4.69) is 10.3 Å². The molecule has 6 heteroatoms. The molecule has 0 spiro atoms. The van der Waals surface area contributed by atoms with Gasteiger partial charge in [0.2, 0.25) is 5.91 Å². The number of nitrogens with zero attached hydrogens (tertiary/aromatic N) is 2.